The summed E-state index contributed by atoms with van der Waals surface area (Å²) < 4.78 is 44.1. The largest absolute Gasteiger partial charge is 0.444 e. The van der Waals surface area contributed by atoms with E-state index < -0.39 is 23.4 Å². The highest BCUT2D eigenvalue weighted by molar-refractivity contribution is 5.99. The van der Waals surface area contributed by atoms with Gasteiger partial charge in [-0.25, -0.2) is 4.79 Å². The average Bonchev–Trinajstić information content (AvgIpc) is 2.35. The lowest BCUT2D eigenvalue weighted by atomic mass is 10.1. The van der Waals surface area contributed by atoms with Crippen molar-refractivity contribution in [3.05, 3.63) is 36.0 Å². The van der Waals surface area contributed by atoms with Crippen LogP contribution in [0.5, 0.6) is 0 Å². The Morgan fingerprint density at radius 3 is 2.45 bits per heavy atom. The van der Waals surface area contributed by atoms with Gasteiger partial charge < -0.3 is 4.74 Å². The number of alkyl halides is 3. The van der Waals surface area contributed by atoms with Crippen LogP contribution in [0, 0.1) is 0 Å². The molecule has 22 heavy (non-hydrogen) atoms. The Morgan fingerprint density at radius 2 is 1.86 bits per heavy atom. The minimum absolute atomic E-state index is 0.0585. The molecule has 0 fully saturated rings. The monoisotopic (exact) mass is 312 g/mol. The molecule has 0 bridgehead atoms. The summed E-state index contributed by atoms with van der Waals surface area (Å²) in [5.74, 6) is 0. The number of anilines is 1. The normalized spacial score (nSPS) is 12.3. The van der Waals surface area contributed by atoms with Crippen molar-refractivity contribution < 1.29 is 22.7 Å². The predicted molar refractivity (Wildman–Crippen MR) is 76.6 cm³/mol. The van der Waals surface area contributed by atoms with E-state index in [4.69, 9.17) is 4.74 Å². The van der Waals surface area contributed by atoms with Crippen LogP contribution in [-0.2, 0) is 10.9 Å². The SMILES string of the molecule is CC(C)(C)OC(=O)Nc1ccc(C(F)(F)F)c2cccnc12. The van der Waals surface area contributed by atoms with Crippen LogP contribution in [0.2, 0.25) is 0 Å². The van der Waals surface area contributed by atoms with Crippen molar-refractivity contribution in [2.45, 2.75) is 32.5 Å². The molecule has 1 aromatic carbocycles. The highest BCUT2D eigenvalue weighted by atomic mass is 19.4. The number of nitrogens with zero attached hydrogens (tertiary/aromatic N) is 1. The van der Waals surface area contributed by atoms with Crippen LogP contribution in [0.1, 0.15) is 26.3 Å². The van der Waals surface area contributed by atoms with E-state index in [0.29, 0.717) is 0 Å². The molecule has 1 aromatic heterocycles. The molecule has 2 aromatic rings. The molecular formula is C15H15F3N2O2. The van der Waals surface area contributed by atoms with Crippen LogP contribution in [0.4, 0.5) is 23.7 Å². The fourth-order valence-corrected chi connectivity index (χ4v) is 1.93. The Morgan fingerprint density at radius 1 is 1.18 bits per heavy atom. The van der Waals surface area contributed by atoms with Crippen molar-refractivity contribution >= 4 is 22.7 Å². The molecule has 0 aliphatic heterocycles. The molecule has 0 unspecified atom stereocenters. The number of rotatable bonds is 1. The first-order chi connectivity index (χ1) is 10.1. The van der Waals surface area contributed by atoms with Gasteiger partial charge in [0.2, 0.25) is 0 Å². The Kier molecular flexibility index (Phi) is 4.00. The Bertz CT molecular complexity index is 706. The molecule has 0 atom stereocenters. The van der Waals surface area contributed by atoms with Gasteiger partial charge in [-0.3, -0.25) is 10.3 Å². The number of halogens is 3. The van der Waals surface area contributed by atoms with Gasteiger partial charge in [-0.15, -0.1) is 0 Å². The number of carbonyl (C=O) groups is 1. The number of hydrogen-bond donors (Lipinski definition) is 1. The number of pyridine rings is 1. The number of benzene rings is 1. The summed E-state index contributed by atoms with van der Waals surface area (Å²) in [4.78, 5) is 15.7. The second-order valence-electron chi connectivity index (χ2n) is 5.68. The molecule has 0 aliphatic carbocycles. The van der Waals surface area contributed by atoms with Gasteiger partial charge in [-0.2, -0.15) is 13.2 Å². The Hall–Kier alpha value is -2.31. The lowest BCUT2D eigenvalue weighted by molar-refractivity contribution is -0.136. The molecule has 0 saturated heterocycles. The van der Waals surface area contributed by atoms with Crippen molar-refractivity contribution in [1.29, 1.82) is 0 Å². The number of nitrogens with one attached hydrogen (secondary N) is 1. The third-order valence-electron chi connectivity index (χ3n) is 2.71. The maximum absolute atomic E-state index is 13.0. The summed E-state index contributed by atoms with van der Waals surface area (Å²) in [7, 11) is 0. The highest BCUT2D eigenvalue weighted by Gasteiger charge is 2.33. The lowest BCUT2D eigenvalue weighted by Crippen LogP contribution is -2.27. The molecule has 1 heterocycles. The fraction of sp³-hybridized carbons (Fsp3) is 0.333. The maximum Gasteiger partial charge on any atom is 0.417 e. The lowest BCUT2D eigenvalue weighted by Gasteiger charge is -2.20. The van der Waals surface area contributed by atoms with Crippen molar-refractivity contribution in [1.82, 2.24) is 4.98 Å². The zero-order chi connectivity index (χ0) is 16.5. The minimum atomic E-state index is -4.49. The van der Waals surface area contributed by atoms with Gasteiger partial charge >= 0.3 is 12.3 Å². The van der Waals surface area contributed by atoms with E-state index in [1.807, 2.05) is 0 Å². The van der Waals surface area contributed by atoms with Gasteiger partial charge in [0.05, 0.1) is 16.8 Å². The van der Waals surface area contributed by atoms with E-state index in [-0.39, 0.29) is 16.6 Å². The second kappa shape index (κ2) is 5.47. The zero-order valence-corrected chi connectivity index (χ0v) is 12.3. The molecule has 7 heteroatoms. The van der Waals surface area contributed by atoms with E-state index in [9.17, 15) is 18.0 Å². The molecule has 0 saturated carbocycles. The summed E-state index contributed by atoms with van der Waals surface area (Å²) in [5.41, 5.74) is -1.29. The van der Waals surface area contributed by atoms with Crippen molar-refractivity contribution in [3.8, 4) is 0 Å². The van der Waals surface area contributed by atoms with E-state index in [0.717, 1.165) is 6.07 Å². The zero-order valence-electron chi connectivity index (χ0n) is 12.3. The molecule has 0 aliphatic rings. The summed E-state index contributed by atoms with van der Waals surface area (Å²) >= 11 is 0. The average molecular weight is 312 g/mol. The first-order valence-electron chi connectivity index (χ1n) is 6.53. The van der Waals surface area contributed by atoms with E-state index in [1.54, 1.807) is 20.8 Å². The van der Waals surface area contributed by atoms with Gasteiger partial charge in [0.25, 0.3) is 0 Å². The summed E-state index contributed by atoms with van der Waals surface area (Å²) in [6, 6.07) is 4.80. The molecule has 1 N–H and O–H groups in total. The number of ether oxygens (including phenoxy) is 1. The van der Waals surface area contributed by atoms with Gasteiger partial charge in [0, 0.05) is 11.6 Å². The van der Waals surface area contributed by atoms with Crippen LogP contribution < -0.4 is 5.32 Å². The summed E-state index contributed by atoms with van der Waals surface area (Å²) in [6.45, 7) is 5.07. The van der Waals surface area contributed by atoms with Gasteiger partial charge in [-0.05, 0) is 39.0 Å². The van der Waals surface area contributed by atoms with Crippen LogP contribution in [-0.4, -0.2) is 16.7 Å². The van der Waals surface area contributed by atoms with Crippen LogP contribution in [0.25, 0.3) is 10.9 Å². The van der Waals surface area contributed by atoms with E-state index in [1.165, 1.54) is 24.4 Å². The number of carbonyl (C=O) groups excluding carboxylic acids is 1. The van der Waals surface area contributed by atoms with Crippen LogP contribution in [0.3, 0.4) is 0 Å². The predicted octanol–water partition coefficient (Wildman–Crippen LogP) is 4.60. The van der Waals surface area contributed by atoms with E-state index in [2.05, 4.69) is 10.3 Å². The number of fused-ring (bicyclic) bond motifs is 1. The van der Waals surface area contributed by atoms with Gasteiger partial charge in [0.1, 0.15) is 5.60 Å². The summed E-state index contributed by atoms with van der Waals surface area (Å²) in [6.07, 6.45) is -3.88. The van der Waals surface area contributed by atoms with Crippen molar-refractivity contribution in [2.24, 2.45) is 0 Å². The smallest absolute Gasteiger partial charge is 0.417 e. The third-order valence-corrected chi connectivity index (χ3v) is 2.71. The summed E-state index contributed by atoms with van der Waals surface area (Å²) in [5, 5.41) is 2.35. The third kappa shape index (κ3) is 3.66. The molecule has 2 rings (SSSR count). The Balaban J connectivity index is 2.43. The highest BCUT2D eigenvalue weighted by Crippen LogP contribution is 2.36. The molecule has 0 radical (unpaired) electrons. The number of hydrogen-bond acceptors (Lipinski definition) is 3. The Labute approximate surface area is 125 Å². The van der Waals surface area contributed by atoms with Gasteiger partial charge in [0.15, 0.2) is 0 Å². The van der Waals surface area contributed by atoms with E-state index >= 15 is 0 Å². The molecule has 4 nitrogen and oxygen atoms in total. The van der Waals surface area contributed by atoms with Crippen LogP contribution in [0.15, 0.2) is 30.5 Å². The number of aromatic nitrogens is 1. The van der Waals surface area contributed by atoms with Crippen molar-refractivity contribution in [3.63, 3.8) is 0 Å². The second-order valence-corrected chi connectivity index (χ2v) is 5.68. The topological polar surface area (TPSA) is 51.2 Å². The van der Waals surface area contributed by atoms with Crippen LogP contribution >= 0.6 is 0 Å². The molecule has 1 amide bonds. The van der Waals surface area contributed by atoms with Gasteiger partial charge in [-0.1, -0.05) is 6.07 Å². The fourth-order valence-electron chi connectivity index (χ4n) is 1.93. The molecular weight excluding hydrogens is 297 g/mol. The van der Waals surface area contributed by atoms with Crippen molar-refractivity contribution in [2.75, 3.05) is 5.32 Å². The standard InChI is InChI=1S/C15H15F3N2O2/c1-14(2,3)22-13(21)20-11-7-6-10(15(16,17)18)9-5-4-8-19-12(9)11/h4-8H,1-3H3,(H,20,21). The first-order valence-corrected chi connectivity index (χ1v) is 6.53. The molecule has 0 spiro atoms. The first kappa shape index (κ1) is 16.1. The maximum atomic E-state index is 13.0. The number of amides is 1. The minimum Gasteiger partial charge on any atom is -0.444 e. The molecule has 118 valence electrons. The quantitative estimate of drug-likeness (QED) is 0.837.